The number of amides is 1. The van der Waals surface area contributed by atoms with Crippen molar-refractivity contribution in [1.82, 2.24) is 4.90 Å². The van der Waals surface area contributed by atoms with Crippen molar-refractivity contribution in [2.75, 3.05) is 26.8 Å². The maximum atomic E-state index is 12.5. The summed E-state index contributed by atoms with van der Waals surface area (Å²) >= 11 is 0. The zero-order chi connectivity index (χ0) is 19.8. The van der Waals surface area contributed by atoms with Crippen LogP contribution in [0.25, 0.3) is 0 Å². The Labute approximate surface area is 161 Å². The Morgan fingerprint density at radius 3 is 2.63 bits per heavy atom. The summed E-state index contributed by atoms with van der Waals surface area (Å²) in [4.78, 5) is 14.2. The van der Waals surface area contributed by atoms with E-state index in [9.17, 15) is 9.90 Å². The second-order valence-electron chi connectivity index (χ2n) is 8.41. The lowest BCUT2D eigenvalue weighted by Crippen LogP contribution is -2.43. The molecule has 3 rings (SSSR count). The van der Waals surface area contributed by atoms with E-state index < -0.39 is 17.6 Å². The van der Waals surface area contributed by atoms with Crippen LogP contribution in [0.4, 0.5) is 0 Å². The summed E-state index contributed by atoms with van der Waals surface area (Å²) in [6.45, 7) is 7.25. The van der Waals surface area contributed by atoms with E-state index in [1.807, 2.05) is 25.1 Å². The van der Waals surface area contributed by atoms with E-state index in [-0.39, 0.29) is 11.8 Å². The molecule has 1 saturated carbocycles. The SMILES string of the molecule is COc1ccc([C@@H]2CN(C(=O)C(C)N)C[C@@]2(C)[C@@H](C)O)cc1OCC1CC1. The summed E-state index contributed by atoms with van der Waals surface area (Å²) in [6.07, 6.45) is 1.88. The molecule has 1 aliphatic heterocycles. The van der Waals surface area contributed by atoms with Crippen molar-refractivity contribution >= 4 is 5.91 Å². The van der Waals surface area contributed by atoms with Gasteiger partial charge in [0, 0.05) is 24.4 Å². The van der Waals surface area contributed by atoms with E-state index in [1.165, 1.54) is 12.8 Å². The minimum atomic E-state index is -0.564. The van der Waals surface area contributed by atoms with Gasteiger partial charge in [0.05, 0.1) is 25.9 Å². The van der Waals surface area contributed by atoms with Gasteiger partial charge >= 0.3 is 0 Å². The van der Waals surface area contributed by atoms with Crippen LogP contribution in [0, 0.1) is 11.3 Å². The molecule has 1 aromatic rings. The van der Waals surface area contributed by atoms with Crippen molar-refractivity contribution in [3.05, 3.63) is 23.8 Å². The second-order valence-corrected chi connectivity index (χ2v) is 8.41. The summed E-state index contributed by atoms with van der Waals surface area (Å²) in [5.74, 6) is 2.00. The Bertz CT molecular complexity index is 687. The Kier molecular flexibility index (Phi) is 5.68. The lowest BCUT2D eigenvalue weighted by atomic mass is 9.72. The summed E-state index contributed by atoms with van der Waals surface area (Å²) < 4.78 is 11.5. The summed E-state index contributed by atoms with van der Waals surface area (Å²) in [7, 11) is 1.64. The number of benzene rings is 1. The first kappa shape index (κ1) is 20.0. The number of aliphatic hydroxyl groups is 1. The van der Waals surface area contributed by atoms with Gasteiger partial charge in [0.15, 0.2) is 11.5 Å². The van der Waals surface area contributed by atoms with Crippen molar-refractivity contribution < 1.29 is 19.4 Å². The van der Waals surface area contributed by atoms with Gasteiger partial charge in [-0.25, -0.2) is 0 Å². The molecule has 0 aromatic heterocycles. The van der Waals surface area contributed by atoms with Gasteiger partial charge in [0.1, 0.15) is 0 Å². The number of ether oxygens (including phenoxy) is 2. The van der Waals surface area contributed by atoms with E-state index in [0.717, 1.165) is 11.3 Å². The molecule has 0 bridgehead atoms. The predicted molar refractivity (Wildman–Crippen MR) is 104 cm³/mol. The van der Waals surface area contributed by atoms with Crippen molar-refractivity contribution in [2.24, 2.45) is 17.1 Å². The quantitative estimate of drug-likeness (QED) is 0.762. The number of nitrogens with zero attached hydrogens (tertiary/aromatic N) is 1. The fourth-order valence-electron chi connectivity index (χ4n) is 3.90. The third kappa shape index (κ3) is 4.06. The number of methoxy groups -OCH3 is 1. The van der Waals surface area contributed by atoms with Gasteiger partial charge in [0.25, 0.3) is 0 Å². The number of nitrogens with two attached hydrogens (primary N) is 1. The van der Waals surface area contributed by atoms with Crippen LogP contribution in [0.2, 0.25) is 0 Å². The number of aliphatic hydroxyl groups excluding tert-OH is 1. The molecule has 150 valence electrons. The highest BCUT2D eigenvalue weighted by Gasteiger charge is 2.48. The lowest BCUT2D eigenvalue weighted by Gasteiger charge is -2.34. The first-order chi connectivity index (χ1) is 12.8. The normalized spacial score (nSPS) is 27.3. The van der Waals surface area contributed by atoms with Crippen LogP contribution in [-0.2, 0) is 4.79 Å². The molecule has 1 amide bonds. The standard InChI is InChI=1S/C21H32N2O4/c1-13(22)20(25)23-10-17(21(3,12-23)14(2)24)16-7-8-18(26-4)19(9-16)27-11-15-5-6-15/h7-9,13-15,17,24H,5-6,10-12,22H2,1-4H3/t13?,14-,17+,21+/m1/s1. The fraction of sp³-hybridized carbons (Fsp3) is 0.667. The molecule has 4 atom stereocenters. The van der Waals surface area contributed by atoms with Gasteiger partial charge in [-0.15, -0.1) is 0 Å². The summed E-state index contributed by atoms with van der Waals surface area (Å²) in [5.41, 5.74) is 6.40. The van der Waals surface area contributed by atoms with Crippen LogP contribution >= 0.6 is 0 Å². The van der Waals surface area contributed by atoms with E-state index in [4.69, 9.17) is 15.2 Å². The molecule has 2 aliphatic rings. The Morgan fingerprint density at radius 1 is 1.37 bits per heavy atom. The molecule has 6 nitrogen and oxygen atoms in total. The van der Waals surface area contributed by atoms with Crippen LogP contribution in [0.5, 0.6) is 11.5 Å². The maximum Gasteiger partial charge on any atom is 0.239 e. The molecule has 2 fully saturated rings. The first-order valence-electron chi connectivity index (χ1n) is 9.79. The molecule has 1 unspecified atom stereocenters. The van der Waals surface area contributed by atoms with Crippen molar-refractivity contribution in [3.8, 4) is 11.5 Å². The predicted octanol–water partition coefficient (Wildman–Crippen LogP) is 2.14. The monoisotopic (exact) mass is 376 g/mol. The smallest absolute Gasteiger partial charge is 0.239 e. The number of likely N-dealkylation sites (tertiary alicyclic amines) is 1. The van der Waals surface area contributed by atoms with Crippen LogP contribution in [-0.4, -0.2) is 54.9 Å². The van der Waals surface area contributed by atoms with Crippen LogP contribution in [0.3, 0.4) is 0 Å². The van der Waals surface area contributed by atoms with E-state index in [1.54, 1.807) is 25.9 Å². The molecular formula is C21H32N2O4. The Hall–Kier alpha value is -1.79. The van der Waals surface area contributed by atoms with Gasteiger partial charge in [-0.2, -0.15) is 0 Å². The number of carbonyl (C=O) groups excluding carboxylic acids is 1. The maximum absolute atomic E-state index is 12.5. The number of hydrogen-bond donors (Lipinski definition) is 2. The molecule has 1 heterocycles. The lowest BCUT2D eigenvalue weighted by molar-refractivity contribution is -0.131. The minimum absolute atomic E-state index is 0.00520. The van der Waals surface area contributed by atoms with Gasteiger partial charge < -0.3 is 25.2 Å². The van der Waals surface area contributed by atoms with Crippen molar-refractivity contribution in [3.63, 3.8) is 0 Å². The van der Waals surface area contributed by atoms with Gasteiger partial charge in [-0.3, -0.25) is 4.79 Å². The highest BCUT2D eigenvalue weighted by molar-refractivity contribution is 5.81. The average Bonchev–Trinajstić information content (AvgIpc) is 3.40. The highest BCUT2D eigenvalue weighted by atomic mass is 16.5. The van der Waals surface area contributed by atoms with E-state index in [0.29, 0.717) is 31.4 Å². The summed E-state index contributed by atoms with van der Waals surface area (Å²) in [5, 5.41) is 10.5. The summed E-state index contributed by atoms with van der Waals surface area (Å²) in [6, 6.07) is 5.38. The Morgan fingerprint density at radius 2 is 2.07 bits per heavy atom. The Balaban J connectivity index is 1.89. The molecule has 0 radical (unpaired) electrons. The number of rotatable bonds is 7. The molecule has 6 heteroatoms. The highest BCUT2D eigenvalue weighted by Crippen LogP contribution is 2.47. The third-order valence-electron chi connectivity index (χ3n) is 6.15. The molecule has 27 heavy (non-hydrogen) atoms. The van der Waals surface area contributed by atoms with Crippen LogP contribution in [0.1, 0.15) is 45.1 Å². The zero-order valence-corrected chi connectivity index (χ0v) is 16.8. The fourth-order valence-corrected chi connectivity index (χ4v) is 3.90. The average molecular weight is 376 g/mol. The molecule has 1 saturated heterocycles. The molecule has 0 spiro atoms. The van der Waals surface area contributed by atoms with E-state index in [2.05, 4.69) is 0 Å². The van der Waals surface area contributed by atoms with Crippen molar-refractivity contribution in [1.29, 1.82) is 0 Å². The molecule has 3 N–H and O–H groups in total. The molecular weight excluding hydrogens is 344 g/mol. The second kappa shape index (κ2) is 7.68. The van der Waals surface area contributed by atoms with E-state index >= 15 is 0 Å². The minimum Gasteiger partial charge on any atom is -0.493 e. The zero-order valence-electron chi connectivity index (χ0n) is 16.8. The number of hydrogen-bond acceptors (Lipinski definition) is 5. The largest absolute Gasteiger partial charge is 0.493 e. The van der Waals surface area contributed by atoms with Crippen LogP contribution < -0.4 is 15.2 Å². The molecule has 1 aromatic carbocycles. The number of carbonyl (C=O) groups is 1. The van der Waals surface area contributed by atoms with Gasteiger partial charge in [-0.1, -0.05) is 13.0 Å². The van der Waals surface area contributed by atoms with Gasteiger partial charge in [0.2, 0.25) is 5.91 Å². The first-order valence-corrected chi connectivity index (χ1v) is 9.79. The van der Waals surface area contributed by atoms with Gasteiger partial charge in [-0.05, 0) is 50.3 Å². The molecule has 1 aliphatic carbocycles. The third-order valence-corrected chi connectivity index (χ3v) is 6.15. The van der Waals surface area contributed by atoms with Crippen LogP contribution in [0.15, 0.2) is 18.2 Å². The topological polar surface area (TPSA) is 85.0 Å². The van der Waals surface area contributed by atoms with Crippen molar-refractivity contribution in [2.45, 2.75) is 51.7 Å².